The molecule has 0 aliphatic heterocycles. The van der Waals surface area contributed by atoms with Gasteiger partial charge in [0.25, 0.3) is 0 Å². The number of aryl methyl sites for hydroxylation is 1. The maximum atomic E-state index is 13.7. The van der Waals surface area contributed by atoms with E-state index in [0.717, 1.165) is 11.1 Å². The molecule has 0 saturated carbocycles. The standard InChI is InChI=1S/C29H36N2O6S/c1-21(2)18-31(19-27(32)26(30-29(33)34)17-23-10-6-4-7-11-23)38(35,36)25-14-15-28(22(3)16-25)37-20-24-12-8-5-9-13-24/h4-16,21,26-27,30,32H,17-20H2,1-3H3,(H,33,34)/t26-,27-/m0/s1. The molecule has 0 unspecified atom stereocenters. The lowest BCUT2D eigenvalue weighted by atomic mass is 10.0. The minimum Gasteiger partial charge on any atom is -0.489 e. The summed E-state index contributed by atoms with van der Waals surface area (Å²) in [5, 5.41) is 22.7. The Morgan fingerprint density at radius 1 is 0.947 bits per heavy atom. The van der Waals surface area contributed by atoms with Gasteiger partial charge in [0, 0.05) is 13.1 Å². The first-order chi connectivity index (χ1) is 18.1. The first-order valence-electron chi connectivity index (χ1n) is 12.5. The minimum atomic E-state index is -3.99. The molecule has 3 aromatic rings. The molecule has 0 aromatic heterocycles. The van der Waals surface area contributed by atoms with Gasteiger partial charge in [-0.2, -0.15) is 4.31 Å². The summed E-state index contributed by atoms with van der Waals surface area (Å²) in [5.41, 5.74) is 2.49. The highest BCUT2D eigenvalue weighted by atomic mass is 32.2. The van der Waals surface area contributed by atoms with Gasteiger partial charge in [0.2, 0.25) is 10.0 Å². The van der Waals surface area contributed by atoms with Crippen LogP contribution in [0, 0.1) is 12.8 Å². The molecule has 0 saturated heterocycles. The Kier molecular flexibility index (Phi) is 10.3. The number of nitrogens with zero attached hydrogens (tertiary/aromatic N) is 1. The summed E-state index contributed by atoms with van der Waals surface area (Å²) in [6.07, 6.45) is -2.34. The Bertz CT molecular complexity index is 1280. The number of sulfonamides is 1. The number of carbonyl (C=O) groups is 1. The van der Waals surface area contributed by atoms with Gasteiger partial charge in [-0.1, -0.05) is 74.5 Å². The fourth-order valence-electron chi connectivity index (χ4n) is 4.15. The molecule has 1 amide bonds. The minimum absolute atomic E-state index is 0.0217. The molecule has 2 atom stereocenters. The maximum absolute atomic E-state index is 13.7. The molecule has 3 N–H and O–H groups in total. The largest absolute Gasteiger partial charge is 0.489 e. The summed E-state index contributed by atoms with van der Waals surface area (Å²) in [6, 6.07) is 22.6. The summed E-state index contributed by atoms with van der Waals surface area (Å²) in [6.45, 7) is 5.82. The maximum Gasteiger partial charge on any atom is 0.404 e. The van der Waals surface area contributed by atoms with E-state index in [4.69, 9.17) is 4.74 Å². The predicted octanol–water partition coefficient (Wildman–Crippen LogP) is 4.46. The van der Waals surface area contributed by atoms with Gasteiger partial charge >= 0.3 is 6.09 Å². The SMILES string of the molecule is Cc1cc(S(=O)(=O)N(CC(C)C)C[C@H](O)[C@H](Cc2ccccc2)NC(=O)O)ccc1OCc1ccccc1. The Morgan fingerprint density at radius 3 is 2.11 bits per heavy atom. The summed E-state index contributed by atoms with van der Waals surface area (Å²) in [4.78, 5) is 11.5. The molecule has 3 rings (SSSR count). The topological polar surface area (TPSA) is 116 Å². The zero-order chi connectivity index (χ0) is 27.7. The number of amides is 1. The van der Waals surface area contributed by atoms with Crippen molar-refractivity contribution in [2.24, 2.45) is 5.92 Å². The highest BCUT2D eigenvalue weighted by Crippen LogP contribution is 2.26. The highest BCUT2D eigenvalue weighted by Gasteiger charge is 2.31. The molecule has 0 aliphatic carbocycles. The Morgan fingerprint density at radius 2 is 1.55 bits per heavy atom. The van der Waals surface area contributed by atoms with Gasteiger partial charge < -0.3 is 20.3 Å². The molecule has 0 radical (unpaired) electrons. The molecule has 3 aromatic carbocycles. The Labute approximate surface area is 224 Å². The number of carboxylic acid groups (broad SMARTS) is 1. The van der Waals surface area contributed by atoms with E-state index in [1.54, 1.807) is 19.1 Å². The Hall–Kier alpha value is -3.40. The van der Waals surface area contributed by atoms with Crippen LogP contribution in [0.5, 0.6) is 5.75 Å². The average molecular weight is 541 g/mol. The van der Waals surface area contributed by atoms with E-state index in [0.29, 0.717) is 17.9 Å². The molecule has 0 bridgehead atoms. The summed E-state index contributed by atoms with van der Waals surface area (Å²) in [5.74, 6) is 0.559. The van der Waals surface area contributed by atoms with Gasteiger partial charge in [0.1, 0.15) is 12.4 Å². The van der Waals surface area contributed by atoms with Gasteiger partial charge in [-0.15, -0.1) is 0 Å². The number of rotatable bonds is 13. The van der Waals surface area contributed by atoms with E-state index in [2.05, 4.69) is 5.32 Å². The second-order valence-corrected chi connectivity index (χ2v) is 11.7. The van der Waals surface area contributed by atoms with Crippen LogP contribution in [0.3, 0.4) is 0 Å². The van der Waals surface area contributed by atoms with Crippen molar-refractivity contribution in [2.45, 2.75) is 50.8 Å². The van der Waals surface area contributed by atoms with Crippen molar-refractivity contribution in [1.29, 1.82) is 0 Å². The Balaban J connectivity index is 1.80. The zero-order valence-electron chi connectivity index (χ0n) is 21.9. The van der Waals surface area contributed by atoms with Gasteiger partial charge in [0.05, 0.1) is 17.0 Å². The van der Waals surface area contributed by atoms with Gasteiger partial charge in [0.15, 0.2) is 0 Å². The third-order valence-corrected chi connectivity index (χ3v) is 7.88. The van der Waals surface area contributed by atoms with Crippen LogP contribution in [0.25, 0.3) is 0 Å². The van der Waals surface area contributed by atoms with Crippen LogP contribution in [0.4, 0.5) is 4.79 Å². The molecule has 0 aliphatic rings. The van der Waals surface area contributed by atoms with Crippen LogP contribution in [0.2, 0.25) is 0 Å². The number of aliphatic hydroxyl groups is 1. The predicted molar refractivity (Wildman–Crippen MR) is 147 cm³/mol. The first-order valence-corrected chi connectivity index (χ1v) is 14.0. The monoisotopic (exact) mass is 540 g/mol. The molecular formula is C29H36N2O6S. The molecule has 9 heteroatoms. The number of ether oxygens (including phenoxy) is 1. The average Bonchev–Trinajstić information content (AvgIpc) is 2.87. The van der Waals surface area contributed by atoms with E-state index in [1.807, 2.05) is 74.5 Å². The molecule has 204 valence electrons. The van der Waals surface area contributed by atoms with E-state index in [9.17, 15) is 23.4 Å². The van der Waals surface area contributed by atoms with Crippen molar-refractivity contribution in [1.82, 2.24) is 9.62 Å². The second-order valence-electron chi connectivity index (χ2n) is 9.73. The van der Waals surface area contributed by atoms with Crippen molar-refractivity contribution in [2.75, 3.05) is 13.1 Å². The molecule has 0 fully saturated rings. The number of benzene rings is 3. The lowest BCUT2D eigenvalue weighted by Crippen LogP contribution is -2.50. The summed E-state index contributed by atoms with van der Waals surface area (Å²) < 4.78 is 34.5. The van der Waals surface area contributed by atoms with Crippen LogP contribution >= 0.6 is 0 Å². The van der Waals surface area contributed by atoms with Crippen LogP contribution in [-0.4, -0.2) is 54.3 Å². The smallest absolute Gasteiger partial charge is 0.404 e. The van der Waals surface area contributed by atoms with Crippen LogP contribution in [0.1, 0.15) is 30.5 Å². The fourth-order valence-corrected chi connectivity index (χ4v) is 5.86. The van der Waals surface area contributed by atoms with Crippen molar-refractivity contribution in [3.8, 4) is 5.75 Å². The molecule has 0 spiro atoms. The molecule has 38 heavy (non-hydrogen) atoms. The number of nitrogens with one attached hydrogen (secondary N) is 1. The van der Waals surface area contributed by atoms with E-state index in [-0.39, 0.29) is 30.3 Å². The lowest BCUT2D eigenvalue weighted by molar-refractivity contribution is 0.0980. The lowest BCUT2D eigenvalue weighted by Gasteiger charge is -2.30. The molecule has 8 nitrogen and oxygen atoms in total. The molecular weight excluding hydrogens is 504 g/mol. The quantitative estimate of drug-likeness (QED) is 0.295. The van der Waals surface area contributed by atoms with E-state index >= 15 is 0 Å². The van der Waals surface area contributed by atoms with Crippen LogP contribution < -0.4 is 10.1 Å². The van der Waals surface area contributed by atoms with Crippen LogP contribution in [-0.2, 0) is 23.1 Å². The second kappa shape index (κ2) is 13.4. The fraction of sp³-hybridized carbons (Fsp3) is 0.345. The first kappa shape index (κ1) is 29.2. The third kappa shape index (κ3) is 8.31. The van der Waals surface area contributed by atoms with Gasteiger partial charge in [-0.25, -0.2) is 13.2 Å². The van der Waals surface area contributed by atoms with E-state index in [1.165, 1.54) is 10.4 Å². The highest BCUT2D eigenvalue weighted by molar-refractivity contribution is 7.89. The van der Waals surface area contributed by atoms with Crippen molar-refractivity contribution in [3.63, 3.8) is 0 Å². The molecule has 0 heterocycles. The summed E-state index contributed by atoms with van der Waals surface area (Å²) in [7, 11) is -3.99. The number of hydrogen-bond acceptors (Lipinski definition) is 5. The van der Waals surface area contributed by atoms with Crippen LogP contribution in [0.15, 0.2) is 83.8 Å². The summed E-state index contributed by atoms with van der Waals surface area (Å²) >= 11 is 0. The van der Waals surface area contributed by atoms with Crippen molar-refractivity contribution >= 4 is 16.1 Å². The number of hydrogen-bond donors (Lipinski definition) is 3. The van der Waals surface area contributed by atoms with Crippen molar-refractivity contribution in [3.05, 3.63) is 95.6 Å². The van der Waals surface area contributed by atoms with Gasteiger partial charge in [-0.3, -0.25) is 0 Å². The van der Waals surface area contributed by atoms with Crippen molar-refractivity contribution < 1.29 is 28.2 Å². The normalized spacial score (nSPS) is 13.3. The van der Waals surface area contributed by atoms with Gasteiger partial charge in [-0.05, 0) is 54.2 Å². The van der Waals surface area contributed by atoms with E-state index < -0.39 is 28.3 Å². The number of aliphatic hydroxyl groups excluding tert-OH is 1. The zero-order valence-corrected chi connectivity index (χ0v) is 22.8. The third-order valence-electron chi connectivity index (χ3n) is 6.05.